The van der Waals surface area contributed by atoms with E-state index >= 15 is 0 Å². The molecule has 7 aromatic heterocycles. The highest BCUT2D eigenvalue weighted by Crippen LogP contribution is 2.48. The zero-order valence-electron chi connectivity index (χ0n) is 68.7. The van der Waals surface area contributed by atoms with Gasteiger partial charge < -0.3 is 62.6 Å². The van der Waals surface area contributed by atoms with Gasteiger partial charge in [-0.05, 0) is 209 Å². The maximum absolute atomic E-state index is 14.4. The molecule has 7 aliphatic heterocycles. The Morgan fingerprint density at radius 2 is 0.843 bits per heavy atom. The van der Waals surface area contributed by atoms with E-state index in [2.05, 4.69) is 98.6 Å². The van der Waals surface area contributed by atoms with Gasteiger partial charge in [0.2, 0.25) is 0 Å². The standard InChI is InChI=1S/C23H20ClFN6O4.C19H16BrClFN3O4.C18H12ClFN6O2.C13H14FNO3.C6H4BrClN2O2.C4H5N3.5CH4/c1-22(2,3)35-21(34)30-10-23(13-8-12(25)4-5-16(13)30)29-19(32)18-14(24)9-15(20(33)31(18)23)28-17-6-7-26-11-27-17;1-18(2,3)29-17(28)24-8-19(10-6-9(22)4-5-13(10)24)23-15(26)14-12(21)7-11(20)16(27)25(14)19;19-11-6-13(24-14-3-4-21-8-23-14)17(28)26-15(11)16(27)25-18(26)7-22-12-2-1-9(20)5-10(12)18;1-13(2,3)18-12(17)15-7-11(16)9-6-8(14)4-5-10(9)15;7-2-1-3(8)4(5(9)11)10-6(2)12;5-4-1-2-6-3-7-4;;;;;/h4-9,11H,10H2,1-3H3,(H,29,32)(H,26,27,28);4-7H,8H2,1-3H3,(H,23,26);1-6,8,22H,7H2,(H,25,27)(H,21,23,24);4-6H,7H2,1-3H3;1H,(H2,9,11)(H,10,12);1-3H,(H2,5,6,7);5*1H4. The minimum Gasteiger partial charge on any atom is -0.443 e. The number of carbonyl (C=O) groups excluding carboxylic acids is 8. The molecule has 0 radical (unpaired) electrons. The summed E-state index contributed by atoms with van der Waals surface area (Å²) in [6, 6.07) is 25.7. The molecule has 3 spiro atoms. The lowest BCUT2D eigenvalue weighted by molar-refractivity contribution is 0.0563. The Hall–Kier alpha value is -13.7. The first-order valence-corrected chi connectivity index (χ1v) is 41.2. The number of Topliss-reactive ketones (excluding diaryl/α,β-unsaturated/α-hetero) is 1. The summed E-state index contributed by atoms with van der Waals surface area (Å²) < 4.78 is 75.8. The van der Waals surface area contributed by atoms with Crippen LogP contribution < -0.4 is 80.3 Å². The monoisotopic (exact) mass is 2060 g/mol. The van der Waals surface area contributed by atoms with Crippen LogP contribution in [0.5, 0.6) is 0 Å². The number of aromatic amines is 1. The lowest BCUT2D eigenvalue weighted by atomic mass is 10.0. The fourth-order valence-corrected chi connectivity index (χ4v) is 16.5. The predicted molar refractivity (Wildman–Crippen MR) is 507 cm³/mol. The number of halogens is 10. The summed E-state index contributed by atoms with van der Waals surface area (Å²) >= 11 is 30.7. The van der Waals surface area contributed by atoms with E-state index in [1.165, 1.54) is 140 Å². The molecular formula is C88H91Br2Cl4F4N21O15. The third kappa shape index (κ3) is 21.3. The summed E-state index contributed by atoms with van der Waals surface area (Å²) in [5.74, 6) is -3.70. The largest absolute Gasteiger partial charge is 0.443 e. The minimum atomic E-state index is -1.61. The topological polar surface area (TPSA) is 474 Å². The van der Waals surface area contributed by atoms with Gasteiger partial charge in [-0.3, -0.25) is 71.6 Å². The highest BCUT2D eigenvalue weighted by molar-refractivity contribution is 9.10. The highest BCUT2D eigenvalue weighted by atomic mass is 79.9. The van der Waals surface area contributed by atoms with Crippen molar-refractivity contribution in [1.29, 1.82) is 0 Å². The number of fused-ring (bicyclic) bond motifs is 13. The summed E-state index contributed by atoms with van der Waals surface area (Å²) in [5.41, 5.74) is 4.20. The van der Waals surface area contributed by atoms with Gasteiger partial charge in [0.1, 0.15) is 111 Å². The number of hydrogen-bond donors (Lipinski definition) is 9. The van der Waals surface area contributed by atoms with Crippen molar-refractivity contribution in [3.8, 4) is 0 Å². The van der Waals surface area contributed by atoms with E-state index < -0.39 is 121 Å². The molecule has 11 N–H and O–H groups in total. The molecule has 0 fully saturated rings. The average Bonchev–Trinajstić information content (AvgIpc) is 1.52. The second-order valence-electron chi connectivity index (χ2n) is 31.8. The summed E-state index contributed by atoms with van der Waals surface area (Å²) in [6.07, 6.45) is 6.67. The molecule has 708 valence electrons. The van der Waals surface area contributed by atoms with Gasteiger partial charge in [-0.15, -0.1) is 0 Å². The van der Waals surface area contributed by atoms with E-state index in [4.69, 9.17) is 72.1 Å². The Morgan fingerprint density at radius 3 is 1.25 bits per heavy atom. The van der Waals surface area contributed by atoms with Gasteiger partial charge in [0.25, 0.3) is 45.9 Å². The summed E-state index contributed by atoms with van der Waals surface area (Å²) in [4.78, 5) is 178. The second-order valence-corrected chi connectivity index (χ2v) is 35.2. The number of carbonyl (C=O) groups is 8. The number of amides is 7. The number of nitrogens with two attached hydrogens (primary N) is 2. The maximum Gasteiger partial charge on any atom is 0.415 e. The number of hydrogen-bond acceptors (Lipinski definition) is 25. The molecule has 18 rings (SSSR count). The highest BCUT2D eigenvalue weighted by Gasteiger charge is 2.58. The van der Waals surface area contributed by atoms with E-state index in [0.29, 0.717) is 45.8 Å². The van der Waals surface area contributed by atoms with Crippen LogP contribution in [0.3, 0.4) is 0 Å². The first kappa shape index (κ1) is 106. The number of rotatable bonds is 5. The van der Waals surface area contributed by atoms with Crippen LogP contribution in [0.4, 0.5) is 83.5 Å². The zero-order valence-corrected chi connectivity index (χ0v) is 74.9. The number of nitrogens with one attached hydrogen (secondary N) is 7. The number of ether oxygens (including phenoxy) is 3. The quantitative estimate of drug-likeness (QED) is 0.0571. The molecule has 134 heavy (non-hydrogen) atoms. The maximum atomic E-state index is 14.4. The summed E-state index contributed by atoms with van der Waals surface area (Å²) in [5, 5.41) is 17.5. The molecule has 7 aliphatic rings. The summed E-state index contributed by atoms with van der Waals surface area (Å²) in [6.45, 7) is 15.2. The van der Waals surface area contributed by atoms with E-state index in [1.54, 1.807) is 92.8 Å². The molecule has 0 aliphatic carbocycles. The van der Waals surface area contributed by atoms with Crippen molar-refractivity contribution < 1.29 is 70.1 Å². The van der Waals surface area contributed by atoms with Crippen LogP contribution in [0.15, 0.2) is 181 Å². The van der Waals surface area contributed by atoms with Crippen LogP contribution in [-0.2, 0) is 31.2 Å². The fraction of sp³-hybridized carbons (Fsp3) is 0.273. The number of benzene rings is 4. The number of nitrogens with zero attached hydrogens (tertiary/aromatic N) is 12. The number of nitrogen functional groups attached to an aromatic ring is 1. The molecule has 3 atom stereocenters. The number of primary amides is 1. The van der Waals surface area contributed by atoms with Crippen LogP contribution in [-0.4, -0.2) is 139 Å². The van der Waals surface area contributed by atoms with Gasteiger partial charge in [0.15, 0.2) is 22.8 Å². The molecule has 46 heteroatoms. The van der Waals surface area contributed by atoms with E-state index in [1.807, 2.05) is 0 Å². The number of pyridine rings is 4. The zero-order chi connectivity index (χ0) is 93.8. The molecule has 11 aromatic rings. The molecule has 4 aromatic carbocycles. The minimum absolute atomic E-state index is 0. The van der Waals surface area contributed by atoms with Crippen LogP contribution in [0.2, 0.25) is 20.1 Å². The van der Waals surface area contributed by atoms with E-state index in [0.717, 1.165) is 10.6 Å². The normalized spacial score (nSPS) is 16.4. The summed E-state index contributed by atoms with van der Waals surface area (Å²) in [7, 11) is 0. The Balaban J connectivity index is 0.000000206. The SMILES string of the molecule is C.C.C.C.C.CC(C)(C)OC(=O)N1CC(=O)c2cc(F)ccc21.CC(C)(C)OC(=O)N1CC2(NC(=O)c3c(Cl)cc(Br)c(=O)n32)c2cc(F)ccc21.CC(C)(C)OC(=O)N1CC2(NC(=O)c3c(Cl)cc(Nc4ccncn4)c(=O)n32)c2cc(F)ccc21.NC(=O)c1[nH]c(=O)c(Br)cc1Cl.Nc1ccncn1.O=C1NC2(CNc3ccc(F)cc32)n2c1c(Cl)cc(Nc1ccncn1)c2=O. The Bertz CT molecular complexity index is 6740. The van der Waals surface area contributed by atoms with Crippen LogP contribution in [0, 0.1) is 23.3 Å². The van der Waals surface area contributed by atoms with Crippen molar-refractivity contribution in [2.75, 3.05) is 62.6 Å². The first-order valence-electron chi connectivity index (χ1n) is 38.1. The van der Waals surface area contributed by atoms with Crippen molar-refractivity contribution in [1.82, 2.24) is 64.5 Å². The molecule has 36 nitrogen and oxygen atoms in total. The van der Waals surface area contributed by atoms with Crippen molar-refractivity contribution in [3.05, 3.63) is 292 Å². The molecule has 0 saturated heterocycles. The van der Waals surface area contributed by atoms with Gasteiger partial charge in [-0.2, -0.15) is 0 Å². The Morgan fingerprint density at radius 1 is 0.463 bits per heavy atom. The van der Waals surface area contributed by atoms with Crippen molar-refractivity contribution in [3.63, 3.8) is 0 Å². The smallest absolute Gasteiger partial charge is 0.415 e. The van der Waals surface area contributed by atoms with E-state index in [9.17, 15) is 75.1 Å². The molecule has 0 bridgehead atoms. The lowest BCUT2D eigenvalue weighted by Crippen LogP contribution is -2.52. The molecule has 3 unspecified atom stereocenters. The number of ketones is 1. The fourth-order valence-electron chi connectivity index (χ4n) is 14.4. The van der Waals surface area contributed by atoms with E-state index in [-0.39, 0.29) is 149 Å². The molecule has 14 heterocycles. The Kier molecular flexibility index (Phi) is 32.2. The van der Waals surface area contributed by atoms with Crippen molar-refractivity contribution in [2.45, 2.75) is 133 Å². The third-order valence-electron chi connectivity index (χ3n) is 19.5. The van der Waals surface area contributed by atoms with Gasteiger partial charge in [-0.25, -0.2) is 61.8 Å². The first-order chi connectivity index (χ1) is 60.6. The van der Waals surface area contributed by atoms with Crippen LogP contribution in [0.1, 0.15) is 168 Å². The van der Waals surface area contributed by atoms with Gasteiger partial charge >= 0.3 is 18.3 Å². The van der Waals surface area contributed by atoms with Gasteiger partial charge in [-0.1, -0.05) is 83.5 Å². The number of anilines is 9. The lowest BCUT2D eigenvalue weighted by Gasteiger charge is -2.29. The number of aromatic nitrogens is 10. The molecule has 7 amide bonds. The molecular weight excluding hydrogens is 1970 g/mol. The average molecular weight is 2060 g/mol. The van der Waals surface area contributed by atoms with Crippen molar-refractivity contribution >= 4 is 178 Å². The van der Waals surface area contributed by atoms with Crippen LogP contribution >= 0.6 is 78.3 Å². The predicted octanol–water partition coefficient (Wildman–Crippen LogP) is 15.9. The second kappa shape index (κ2) is 40.8. The number of H-pyrrole nitrogens is 1. The Labute approximate surface area is 800 Å². The van der Waals surface area contributed by atoms with Crippen molar-refractivity contribution in [2.24, 2.45) is 5.73 Å². The third-order valence-corrected chi connectivity index (χ3v) is 21.8. The molecule has 0 saturated carbocycles. The van der Waals surface area contributed by atoms with Gasteiger partial charge in [0, 0.05) is 46.5 Å². The van der Waals surface area contributed by atoms with Crippen LogP contribution in [0.25, 0.3) is 0 Å². The van der Waals surface area contributed by atoms with Gasteiger partial charge in [0.05, 0.1) is 72.3 Å².